The molecule has 1 aromatic rings. The van der Waals surface area contributed by atoms with E-state index in [4.69, 9.17) is 15.2 Å². The Bertz CT molecular complexity index is 341. The van der Waals surface area contributed by atoms with Gasteiger partial charge < -0.3 is 20.3 Å². The number of fused-ring (bicyclic) bond motifs is 1. The average molecular weight is 209 g/mol. The van der Waals surface area contributed by atoms with Gasteiger partial charge in [-0.15, -0.1) is 0 Å². The molecule has 0 unspecified atom stereocenters. The molecule has 0 saturated heterocycles. The van der Waals surface area contributed by atoms with E-state index in [9.17, 15) is 5.11 Å². The first-order valence-corrected chi connectivity index (χ1v) is 5.09. The van der Waals surface area contributed by atoms with Crippen molar-refractivity contribution < 1.29 is 14.6 Å². The largest absolute Gasteiger partial charge is 0.486 e. The predicted octanol–water partition coefficient (Wildman–Crippen LogP) is 0.840. The van der Waals surface area contributed by atoms with Crippen LogP contribution in [0.5, 0.6) is 11.5 Å². The number of ether oxygens (including phenoxy) is 2. The Morgan fingerprint density at radius 3 is 2.93 bits per heavy atom. The monoisotopic (exact) mass is 209 g/mol. The molecular formula is C11H15NO3. The third-order valence-corrected chi connectivity index (χ3v) is 2.40. The van der Waals surface area contributed by atoms with Crippen molar-refractivity contribution in [2.45, 2.75) is 12.5 Å². The summed E-state index contributed by atoms with van der Waals surface area (Å²) in [5, 5.41) is 9.86. The lowest BCUT2D eigenvalue weighted by molar-refractivity contribution is 0.142. The third-order valence-electron chi connectivity index (χ3n) is 2.40. The van der Waals surface area contributed by atoms with E-state index in [1.165, 1.54) is 0 Å². The molecule has 82 valence electrons. The molecular weight excluding hydrogens is 194 g/mol. The second-order valence-electron chi connectivity index (χ2n) is 3.46. The maximum absolute atomic E-state index is 9.86. The molecule has 3 N–H and O–H groups in total. The van der Waals surface area contributed by atoms with Crippen LogP contribution in [0, 0.1) is 0 Å². The third kappa shape index (κ3) is 2.06. The highest BCUT2D eigenvalue weighted by Crippen LogP contribution is 2.37. The first-order valence-electron chi connectivity index (χ1n) is 5.09. The minimum Gasteiger partial charge on any atom is -0.486 e. The van der Waals surface area contributed by atoms with Crippen molar-refractivity contribution in [2.24, 2.45) is 5.73 Å². The van der Waals surface area contributed by atoms with Crippen LogP contribution < -0.4 is 15.2 Å². The highest BCUT2D eigenvalue weighted by Gasteiger charge is 2.19. The summed E-state index contributed by atoms with van der Waals surface area (Å²) in [7, 11) is 0. The maximum Gasteiger partial charge on any atom is 0.167 e. The molecule has 1 heterocycles. The summed E-state index contributed by atoms with van der Waals surface area (Å²) in [6.07, 6.45) is -0.0496. The lowest BCUT2D eigenvalue weighted by Gasteiger charge is -2.22. The standard InChI is InChI=1S/C11H15NO3/c12-5-4-9(13)8-2-1-3-10-11(8)15-7-6-14-10/h1-3,9,13H,4-7,12H2/t9-/m1/s1. The van der Waals surface area contributed by atoms with Crippen LogP contribution in [0.25, 0.3) is 0 Å². The van der Waals surface area contributed by atoms with Gasteiger partial charge >= 0.3 is 0 Å². The van der Waals surface area contributed by atoms with Gasteiger partial charge in [0, 0.05) is 5.56 Å². The van der Waals surface area contributed by atoms with E-state index < -0.39 is 6.10 Å². The van der Waals surface area contributed by atoms with E-state index in [-0.39, 0.29) is 0 Å². The quantitative estimate of drug-likeness (QED) is 0.774. The molecule has 0 fully saturated rings. The number of rotatable bonds is 3. The number of aliphatic hydroxyl groups is 1. The van der Waals surface area contributed by atoms with E-state index >= 15 is 0 Å². The molecule has 0 spiro atoms. The predicted molar refractivity (Wildman–Crippen MR) is 56.1 cm³/mol. The molecule has 0 amide bonds. The summed E-state index contributed by atoms with van der Waals surface area (Å²) in [4.78, 5) is 0. The van der Waals surface area contributed by atoms with Gasteiger partial charge in [-0.1, -0.05) is 12.1 Å². The first-order chi connectivity index (χ1) is 7.33. The fourth-order valence-electron chi connectivity index (χ4n) is 1.67. The van der Waals surface area contributed by atoms with Crippen molar-refractivity contribution in [3.63, 3.8) is 0 Å². The Labute approximate surface area is 88.6 Å². The molecule has 0 aromatic heterocycles. The summed E-state index contributed by atoms with van der Waals surface area (Å²) in [6.45, 7) is 1.54. The molecule has 15 heavy (non-hydrogen) atoms. The van der Waals surface area contributed by atoms with Crippen LogP contribution in [-0.4, -0.2) is 24.9 Å². The number of benzene rings is 1. The minimum atomic E-state index is -0.577. The van der Waals surface area contributed by atoms with Crippen molar-refractivity contribution in [3.05, 3.63) is 23.8 Å². The average Bonchev–Trinajstić information content (AvgIpc) is 2.28. The summed E-state index contributed by atoms with van der Waals surface area (Å²) >= 11 is 0. The molecule has 1 aliphatic rings. The van der Waals surface area contributed by atoms with Gasteiger partial charge in [0.2, 0.25) is 0 Å². The molecule has 4 heteroatoms. The second kappa shape index (κ2) is 4.51. The zero-order chi connectivity index (χ0) is 10.7. The minimum absolute atomic E-state index is 0.450. The number of aliphatic hydroxyl groups excluding tert-OH is 1. The van der Waals surface area contributed by atoms with Crippen molar-refractivity contribution >= 4 is 0 Å². The first kappa shape index (κ1) is 10.3. The number of hydrogen-bond donors (Lipinski definition) is 2. The molecule has 1 aromatic carbocycles. The van der Waals surface area contributed by atoms with E-state index in [1.54, 1.807) is 0 Å². The maximum atomic E-state index is 9.86. The number of hydrogen-bond acceptors (Lipinski definition) is 4. The topological polar surface area (TPSA) is 64.7 Å². The smallest absolute Gasteiger partial charge is 0.167 e. The van der Waals surface area contributed by atoms with Gasteiger partial charge in [0.15, 0.2) is 11.5 Å². The van der Waals surface area contributed by atoms with Crippen molar-refractivity contribution in [1.82, 2.24) is 0 Å². The van der Waals surface area contributed by atoms with Gasteiger partial charge in [0.05, 0.1) is 6.10 Å². The molecule has 4 nitrogen and oxygen atoms in total. The Balaban J connectivity index is 2.30. The Morgan fingerprint density at radius 2 is 2.13 bits per heavy atom. The normalized spacial score (nSPS) is 16.1. The molecule has 1 atom stereocenters. The zero-order valence-electron chi connectivity index (χ0n) is 8.48. The van der Waals surface area contributed by atoms with Crippen LogP contribution >= 0.6 is 0 Å². The van der Waals surface area contributed by atoms with E-state index in [2.05, 4.69) is 0 Å². The Kier molecular flexibility index (Phi) is 3.08. The van der Waals surface area contributed by atoms with Crippen LogP contribution in [0.4, 0.5) is 0 Å². The summed E-state index contributed by atoms with van der Waals surface area (Å²) in [5.74, 6) is 1.36. The SMILES string of the molecule is NCC[C@@H](O)c1cccc2c1OCCO2. The van der Waals surface area contributed by atoms with E-state index in [0.717, 1.165) is 5.56 Å². The highest BCUT2D eigenvalue weighted by molar-refractivity contribution is 5.48. The molecule has 0 radical (unpaired) electrons. The van der Waals surface area contributed by atoms with Gasteiger partial charge in [-0.2, -0.15) is 0 Å². The van der Waals surface area contributed by atoms with Crippen molar-refractivity contribution in [1.29, 1.82) is 0 Å². The van der Waals surface area contributed by atoms with E-state index in [1.807, 2.05) is 18.2 Å². The molecule has 2 rings (SSSR count). The summed E-state index contributed by atoms with van der Waals surface area (Å²) in [6, 6.07) is 5.53. The highest BCUT2D eigenvalue weighted by atomic mass is 16.6. The lowest BCUT2D eigenvalue weighted by Crippen LogP contribution is -2.18. The van der Waals surface area contributed by atoms with Crippen LogP contribution in [-0.2, 0) is 0 Å². The van der Waals surface area contributed by atoms with Crippen molar-refractivity contribution in [2.75, 3.05) is 19.8 Å². The Morgan fingerprint density at radius 1 is 1.33 bits per heavy atom. The zero-order valence-corrected chi connectivity index (χ0v) is 8.48. The fourth-order valence-corrected chi connectivity index (χ4v) is 1.67. The van der Waals surface area contributed by atoms with Crippen LogP contribution in [0.3, 0.4) is 0 Å². The summed E-state index contributed by atoms with van der Waals surface area (Å²) in [5.41, 5.74) is 6.17. The lowest BCUT2D eigenvalue weighted by atomic mass is 10.0. The van der Waals surface area contributed by atoms with Gasteiger partial charge in [-0.3, -0.25) is 0 Å². The van der Waals surface area contributed by atoms with Crippen LogP contribution in [0.15, 0.2) is 18.2 Å². The van der Waals surface area contributed by atoms with Crippen molar-refractivity contribution in [3.8, 4) is 11.5 Å². The number of nitrogens with two attached hydrogens (primary N) is 1. The van der Waals surface area contributed by atoms with Crippen LogP contribution in [0.2, 0.25) is 0 Å². The molecule has 0 saturated carbocycles. The van der Waals surface area contributed by atoms with Crippen LogP contribution in [0.1, 0.15) is 18.1 Å². The fraction of sp³-hybridized carbons (Fsp3) is 0.455. The van der Waals surface area contributed by atoms with Gasteiger partial charge in [-0.05, 0) is 19.0 Å². The van der Waals surface area contributed by atoms with Gasteiger partial charge in [0.1, 0.15) is 13.2 Å². The molecule has 0 bridgehead atoms. The summed E-state index contributed by atoms with van der Waals surface area (Å²) < 4.78 is 10.9. The van der Waals surface area contributed by atoms with E-state index in [0.29, 0.717) is 37.7 Å². The molecule has 0 aliphatic carbocycles. The van der Waals surface area contributed by atoms with Gasteiger partial charge in [-0.25, -0.2) is 0 Å². The molecule has 1 aliphatic heterocycles. The second-order valence-corrected chi connectivity index (χ2v) is 3.46. The van der Waals surface area contributed by atoms with Gasteiger partial charge in [0.25, 0.3) is 0 Å². The Hall–Kier alpha value is -1.26. The number of para-hydroxylation sites is 1.